The molecule has 0 aromatic heterocycles. The lowest BCUT2D eigenvalue weighted by molar-refractivity contribution is 0.0916. The van der Waals surface area contributed by atoms with E-state index in [-0.39, 0.29) is 12.5 Å². The monoisotopic (exact) mass is 352 g/mol. The van der Waals surface area contributed by atoms with Gasteiger partial charge in [0.1, 0.15) is 0 Å². The molecule has 2 N–H and O–H groups in total. The number of aliphatic hydroxyl groups is 1. The molecule has 122 valence electrons. The predicted octanol–water partition coefficient (Wildman–Crippen LogP) is 3.52. The second-order valence-corrected chi connectivity index (χ2v) is 6.16. The maximum atomic E-state index is 12.1. The highest BCUT2D eigenvalue weighted by atomic mass is 35.5. The van der Waals surface area contributed by atoms with Crippen molar-refractivity contribution in [3.8, 4) is 0 Å². The molecule has 0 saturated carbocycles. The molecule has 1 unspecified atom stereocenters. The van der Waals surface area contributed by atoms with E-state index in [1.807, 2.05) is 43.3 Å². The van der Waals surface area contributed by atoms with Gasteiger partial charge in [0.05, 0.1) is 16.1 Å². The van der Waals surface area contributed by atoms with Crippen LogP contribution in [-0.2, 0) is 0 Å². The Morgan fingerprint density at radius 2 is 1.78 bits per heavy atom. The first-order chi connectivity index (χ1) is 10.9. The second kappa shape index (κ2) is 7.68. The van der Waals surface area contributed by atoms with E-state index in [1.54, 1.807) is 12.1 Å². The lowest BCUT2D eigenvalue weighted by atomic mass is 10.1. The third-order valence-electron chi connectivity index (χ3n) is 3.43. The summed E-state index contributed by atoms with van der Waals surface area (Å²) in [6.07, 6.45) is -0.780. The number of anilines is 1. The zero-order valence-corrected chi connectivity index (χ0v) is 14.4. The molecule has 0 spiro atoms. The molecule has 0 radical (unpaired) electrons. The van der Waals surface area contributed by atoms with Gasteiger partial charge in [-0.2, -0.15) is 0 Å². The van der Waals surface area contributed by atoms with Crippen LogP contribution in [0.5, 0.6) is 0 Å². The molecule has 0 aliphatic rings. The summed E-state index contributed by atoms with van der Waals surface area (Å²) < 4.78 is 0. The normalized spacial score (nSPS) is 11.9. The van der Waals surface area contributed by atoms with E-state index in [4.69, 9.17) is 23.2 Å². The van der Waals surface area contributed by atoms with Gasteiger partial charge in [-0.1, -0.05) is 35.3 Å². The smallest absolute Gasteiger partial charge is 0.251 e. The van der Waals surface area contributed by atoms with Gasteiger partial charge in [-0.15, -0.1) is 0 Å². The first kappa shape index (κ1) is 17.6. The zero-order chi connectivity index (χ0) is 17.0. The fourth-order valence-electron chi connectivity index (χ4n) is 2.04. The number of aliphatic hydroxyl groups excluding tert-OH is 1. The van der Waals surface area contributed by atoms with Crippen LogP contribution >= 0.6 is 23.2 Å². The molecular weight excluding hydrogens is 335 g/mol. The Bertz CT molecular complexity index is 687. The minimum absolute atomic E-state index is 0.111. The highest BCUT2D eigenvalue weighted by molar-refractivity contribution is 6.42. The molecule has 4 nitrogen and oxygen atoms in total. The van der Waals surface area contributed by atoms with Gasteiger partial charge in [-0.25, -0.2) is 0 Å². The molecule has 1 atom stereocenters. The summed E-state index contributed by atoms with van der Waals surface area (Å²) in [5.74, 6) is -0.312. The first-order valence-electron chi connectivity index (χ1n) is 7.07. The van der Waals surface area contributed by atoms with Crippen LogP contribution < -0.4 is 10.2 Å². The van der Waals surface area contributed by atoms with Crippen molar-refractivity contribution in [3.63, 3.8) is 0 Å². The molecule has 2 aromatic carbocycles. The SMILES string of the molecule is CN(C)c1ccc(C(O)CNC(=O)c2ccc(Cl)c(Cl)c2)cc1. The van der Waals surface area contributed by atoms with Crippen molar-refractivity contribution in [2.45, 2.75) is 6.10 Å². The van der Waals surface area contributed by atoms with E-state index in [0.717, 1.165) is 11.3 Å². The van der Waals surface area contributed by atoms with Crippen LogP contribution in [0.3, 0.4) is 0 Å². The van der Waals surface area contributed by atoms with E-state index >= 15 is 0 Å². The van der Waals surface area contributed by atoms with Gasteiger partial charge in [-0.3, -0.25) is 4.79 Å². The van der Waals surface area contributed by atoms with Gasteiger partial charge in [0.15, 0.2) is 0 Å². The Morgan fingerprint density at radius 1 is 1.13 bits per heavy atom. The predicted molar refractivity (Wildman–Crippen MR) is 94.5 cm³/mol. The van der Waals surface area contributed by atoms with Crippen molar-refractivity contribution in [1.82, 2.24) is 5.32 Å². The number of nitrogens with zero attached hydrogens (tertiary/aromatic N) is 1. The van der Waals surface area contributed by atoms with Crippen molar-refractivity contribution in [2.24, 2.45) is 0 Å². The molecule has 0 heterocycles. The van der Waals surface area contributed by atoms with E-state index < -0.39 is 6.10 Å². The Balaban J connectivity index is 1.96. The first-order valence-corrected chi connectivity index (χ1v) is 7.82. The number of carbonyl (C=O) groups excluding carboxylic acids is 1. The maximum Gasteiger partial charge on any atom is 0.251 e. The summed E-state index contributed by atoms with van der Waals surface area (Å²) >= 11 is 11.7. The number of halogens is 2. The van der Waals surface area contributed by atoms with E-state index in [2.05, 4.69) is 5.32 Å². The van der Waals surface area contributed by atoms with Crippen molar-refractivity contribution < 1.29 is 9.90 Å². The van der Waals surface area contributed by atoms with Gasteiger partial charge >= 0.3 is 0 Å². The number of rotatable bonds is 5. The average Bonchev–Trinajstić information content (AvgIpc) is 2.54. The third kappa shape index (κ3) is 4.61. The topological polar surface area (TPSA) is 52.6 Å². The van der Waals surface area contributed by atoms with Crippen LogP contribution in [0.25, 0.3) is 0 Å². The fourth-order valence-corrected chi connectivity index (χ4v) is 2.34. The molecule has 0 aliphatic carbocycles. The number of benzene rings is 2. The molecule has 0 saturated heterocycles. The quantitative estimate of drug-likeness (QED) is 0.865. The van der Waals surface area contributed by atoms with Crippen molar-refractivity contribution >= 4 is 34.8 Å². The zero-order valence-electron chi connectivity index (χ0n) is 12.9. The molecule has 2 rings (SSSR count). The standard InChI is InChI=1S/C17H18Cl2N2O2/c1-21(2)13-6-3-11(4-7-13)16(22)10-20-17(23)12-5-8-14(18)15(19)9-12/h3-9,16,22H,10H2,1-2H3,(H,20,23). The Hall–Kier alpha value is -1.75. The maximum absolute atomic E-state index is 12.1. The van der Waals surface area contributed by atoms with Gasteiger partial charge < -0.3 is 15.3 Å². The van der Waals surface area contributed by atoms with Crippen LogP contribution in [0.1, 0.15) is 22.0 Å². The summed E-state index contributed by atoms with van der Waals surface area (Å²) in [6, 6.07) is 12.2. The van der Waals surface area contributed by atoms with Crippen LogP contribution in [0.4, 0.5) is 5.69 Å². The Morgan fingerprint density at radius 3 is 2.35 bits per heavy atom. The largest absolute Gasteiger partial charge is 0.387 e. The summed E-state index contributed by atoms with van der Waals surface area (Å²) in [4.78, 5) is 14.0. The minimum Gasteiger partial charge on any atom is -0.387 e. The summed E-state index contributed by atoms with van der Waals surface area (Å²) in [5.41, 5.74) is 2.18. The third-order valence-corrected chi connectivity index (χ3v) is 4.17. The number of amides is 1. The summed E-state index contributed by atoms with van der Waals surface area (Å²) in [5, 5.41) is 13.6. The molecule has 23 heavy (non-hydrogen) atoms. The van der Waals surface area contributed by atoms with E-state index in [9.17, 15) is 9.90 Å². The van der Waals surface area contributed by atoms with Gasteiger partial charge in [0, 0.05) is 31.9 Å². The summed E-state index contributed by atoms with van der Waals surface area (Å²) in [7, 11) is 3.89. The highest BCUT2D eigenvalue weighted by Crippen LogP contribution is 2.22. The summed E-state index contributed by atoms with van der Waals surface area (Å²) in [6.45, 7) is 0.111. The Labute approximate surface area is 145 Å². The van der Waals surface area contributed by atoms with Gasteiger partial charge in [0.2, 0.25) is 0 Å². The second-order valence-electron chi connectivity index (χ2n) is 5.34. The van der Waals surface area contributed by atoms with Gasteiger partial charge in [-0.05, 0) is 35.9 Å². The number of carbonyl (C=O) groups is 1. The number of hydrogen-bond donors (Lipinski definition) is 2. The van der Waals surface area contributed by atoms with Crippen molar-refractivity contribution in [1.29, 1.82) is 0 Å². The van der Waals surface area contributed by atoms with E-state index in [1.165, 1.54) is 6.07 Å². The molecule has 2 aromatic rings. The van der Waals surface area contributed by atoms with Crippen LogP contribution in [-0.4, -0.2) is 31.7 Å². The van der Waals surface area contributed by atoms with Crippen molar-refractivity contribution in [3.05, 3.63) is 63.6 Å². The molecule has 0 bridgehead atoms. The Kier molecular flexibility index (Phi) is 5.88. The molecule has 0 fully saturated rings. The molecule has 0 aliphatic heterocycles. The minimum atomic E-state index is -0.780. The molecular formula is C17H18Cl2N2O2. The lowest BCUT2D eigenvalue weighted by Gasteiger charge is -2.16. The van der Waals surface area contributed by atoms with E-state index in [0.29, 0.717) is 15.6 Å². The van der Waals surface area contributed by atoms with Crippen LogP contribution in [0.15, 0.2) is 42.5 Å². The van der Waals surface area contributed by atoms with Crippen molar-refractivity contribution in [2.75, 3.05) is 25.5 Å². The highest BCUT2D eigenvalue weighted by Gasteiger charge is 2.12. The van der Waals surface area contributed by atoms with Crippen LogP contribution in [0.2, 0.25) is 10.0 Å². The fraction of sp³-hybridized carbons (Fsp3) is 0.235. The van der Waals surface area contributed by atoms with Gasteiger partial charge in [0.25, 0.3) is 5.91 Å². The average molecular weight is 353 g/mol. The number of nitrogens with one attached hydrogen (secondary N) is 1. The molecule has 6 heteroatoms. The van der Waals surface area contributed by atoms with Crippen LogP contribution in [0, 0.1) is 0 Å². The lowest BCUT2D eigenvalue weighted by Crippen LogP contribution is -2.28. The molecule has 1 amide bonds. The number of hydrogen-bond acceptors (Lipinski definition) is 3.